The second kappa shape index (κ2) is 6.59. The number of aliphatic hydroxyl groups excluding tert-OH is 1. The van der Waals surface area contributed by atoms with Gasteiger partial charge in [-0.1, -0.05) is 48.5 Å². The van der Waals surface area contributed by atoms with Gasteiger partial charge in [0.05, 0.1) is 18.7 Å². The summed E-state index contributed by atoms with van der Waals surface area (Å²) in [6.07, 6.45) is 1.81. The highest BCUT2D eigenvalue weighted by Gasteiger charge is 2.53. The molecule has 132 valence electrons. The minimum Gasteiger partial charge on any atom is -0.394 e. The molecular formula is C22H22N2O2. The van der Waals surface area contributed by atoms with Crippen molar-refractivity contribution in [2.45, 2.75) is 37.8 Å². The zero-order valence-electron chi connectivity index (χ0n) is 14.8. The first-order valence-electron chi connectivity index (χ1n) is 9.14. The van der Waals surface area contributed by atoms with E-state index in [4.69, 9.17) is 0 Å². The maximum atomic E-state index is 12.4. The molecule has 26 heavy (non-hydrogen) atoms. The van der Waals surface area contributed by atoms with E-state index in [0.29, 0.717) is 0 Å². The van der Waals surface area contributed by atoms with Crippen LogP contribution in [0.2, 0.25) is 0 Å². The molecule has 0 spiro atoms. The molecule has 2 aromatic carbocycles. The van der Waals surface area contributed by atoms with Gasteiger partial charge in [0, 0.05) is 11.8 Å². The van der Waals surface area contributed by atoms with Gasteiger partial charge in [0.2, 0.25) is 5.91 Å². The van der Waals surface area contributed by atoms with Crippen LogP contribution in [0.1, 0.15) is 29.9 Å². The number of aryl methyl sites for hydroxylation is 1. The van der Waals surface area contributed by atoms with Crippen molar-refractivity contribution in [3.63, 3.8) is 0 Å². The standard InChI is InChI=1S/C22H22N2O2/c1-14-4-2-3-5-18(14)15-6-8-16(9-7-15)21-19(12-23)24(20(21)13-25)22(26)17-10-11-17/h2-9,17,19-21,25H,10-11,13H2,1H3/t19-,20-,21-/m1/s1. The summed E-state index contributed by atoms with van der Waals surface area (Å²) in [5.74, 6) is -0.0358. The highest BCUT2D eigenvalue weighted by Crippen LogP contribution is 2.44. The lowest BCUT2D eigenvalue weighted by atomic mass is 9.75. The smallest absolute Gasteiger partial charge is 0.227 e. The van der Waals surface area contributed by atoms with Crippen LogP contribution in [0.25, 0.3) is 11.1 Å². The van der Waals surface area contributed by atoms with E-state index in [9.17, 15) is 15.2 Å². The van der Waals surface area contributed by atoms with Gasteiger partial charge in [-0.05, 0) is 42.0 Å². The van der Waals surface area contributed by atoms with E-state index in [1.807, 2.05) is 24.3 Å². The van der Waals surface area contributed by atoms with Crippen molar-refractivity contribution in [2.24, 2.45) is 5.92 Å². The van der Waals surface area contributed by atoms with Gasteiger partial charge in [0.15, 0.2) is 0 Å². The number of nitriles is 1. The van der Waals surface area contributed by atoms with Crippen molar-refractivity contribution in [2.75, 3.05) is 6.61 Å². The molecule has 2 fully saturated rings. The Hall–Kier alpha value is -2.64. The quantitative estimate of drug-likeness (QED) is 0.924. The lowest BCUT2D eigenvalue weighted by Crippen LogP contribution is -2.65. The van der Waals surface area contributed by atoms with E-state index in [2.05, 4.69) is 37.3 Å². The molecule has 1 saturated carbocycles. The second-order valence-corrected chi connectivity index (χ2v) is 7.31. The van der Waals surface area contributed by atoms with Gasteiger partial charge in [-0.2, -0.15) is 5.26 Å². The van der Waals surface area contributed by atoms with E-state index in [-0.39, 0.29) is 30.4 Å². The number of benzene rings is 2. The van der Waals surface area contributed by atoms with Crippen LogP contribution in [-0.2, 0) is 4.79 Å². The Balaban J connectivity index is 1.60. The Morgan fingerprint density at radius 1 is 1.19 bits per heavy atom. The highest BCUT2D eigenvalue weighted by molar-refractivity contribution is 5.83. The van der Waals surface area contributed by atoms with Gasteiger partial charge in [-0.25, -0.2) is 0 Å². The maximum Gasteiger partial charge on any atom is 0.227 e. The van der Waals surface area contributed by atoms with E-state index in [1.54, 1.807) is 4.90 Å². The Morgan fingerprint density at radius 2 is 1.88 bits per heavy atom. The molecule has 0 bridgehead atoms. The minimum atomic E-state index is -0.482. The first-order valence-corrected chi connectivity index (χ1v) is 9.14. The fourth-order valence-electron chi connectivity index (χ4n) is 4.03. The molecule has 0 unspecified atom stereocenters. The van der Waals surface area contributed by atoms with Crippen LogP contribution in [0, 0.1) is 24.2 Å². The first kappa shape index (κ1) is 16.8. The number of nitrogens with zero attached hydrogens (tertiary/aromatic N) is 2. The fourth-order valence-corrected chi connectivity index (χ4v) is 4.03. The molecule has 1 amide bonds. The summed E-state index contributed by atoms with van der Waals surface area (Å²) < 4.78 is 0. The van der Waals surface area contributed by atoms with Crippen molar-refractivity contribution in [1.29, 1.82) is 5.26 Å². The van der Waals surface area contributed by atoms with Crippen LogP contribution in [0.15, 0.2) is 48.5 Å². The number of aliphatic hydroxyl groups is 1. The summed E-state index contributed by atoms with van der Waals surface area (Å²) in [6.45, 7) is 1.98. The molecular weight excluding hydrogens is 324 g/mol. The van der Waals surface area contributed by atoms with Gasteiger partial charge in [0.1, 0.15) is 6.04 Å². The summed E-state index contributed by atoms with van der Waals surface area (Å²) in [5.41, 5.74) is 4.54. The number of rotatable bonds is 4. The number of hydrogen-bond acceptors (Lipinski definition) is 3. The maximum absolute atomic E-state index is 12.4. The average Bonchev–Trinajstić information content (AvgIpc) is 3.48. The van der Waals surface area contributed by atoms with Gasteiger partial charge in [-0.3, -0.25) is 4.79 Å². The lowest BCUT2D eigenvalue weighted by molar-refractivity contribution is -0.148. The molecule has 4 heteroatoms. The summed E-state index contributed by atoms with van der Waals surface area (Å²) in [6, 6.07) is 17.9. The largest absolute Gasteiger partial charge is 0.394 e. The topological polar surface area (TPSA) is 64.3 Å². The van der Waals surface area contributed by atoms with Gasteiger partial charge in [0.25, 0.3) is 0 Å². The summed E-state index contributed by atoms with van der Waals surface area (Å²) in [4.78, 5) is 14.1. The molecule has 4 rings (SSSR count). The van der Waals surface area contributed by atoms with E-state index in [1.165, 1.54) is 11.1 Å². The van der Waals surface area contributed by atoms with Crippen LogP contribution in [0.3, 0.4) is 0 Å². The Bertz CT molecular complexity index is 864. The van der Waals surface area contributed by atoms with Crippen molar-refractivity contribution < 1.29 is 9.90 Å². The zero-order valence-corrected chi connectivity index (χ0v) is 14.8. The molecule has 1 saturated heterocycles. The van der Waals surface area contributed by atoms with E-state index >= 15 is 0 Å². The van der Waals surface area contributed by atoms with E-state index < -0.39 is 6.04 Å². The number of carbonyl (C=O) groups is 1. The van der Waals surface area contributed by atoms with Crippen LogP contribution < -0.4 is 0 Å². The highest BCUT2D eigenvalue weighted by atomic mass is 16.3. The molecule has 4 nitrogen and oxygen atoms in total. The third-order valence-electron chi connectivity index (χ3n) is 5.66. The summed E-state index contributed by atoms with van der Waals surface area (Å²) >= 11 is 0. The van der Waals surface area contributed by atoms with Gasteiger partial charge in [-0.15, -0.1) is 0 Å². The molecule has 1 aliphatic carbocycles. The summed E-state index contributed by atoms with van der Waals surface area (Å²) in [5, 5.41) is 19.4. The molecule has 1 aliphatic heterocycles. The number of likely N-dealkylation sites (tertiary alicyclic amines) is 1. The number of hydrogen-bond donors (Lipinski definition) is 1. The van der Waals surface area contributed by atoms with Gasteiger partial charge >= 0.3 is 0 Å². The second-order valence-electron chi connectivity index (χ2n) is 7.31. The normalized spacial score (nSPS) is 24.7. The summed E-state index contributed by atoms with van der Waals surface area (Å²) in [7, 11) is 0. The number of amides is 1. The van der Waals surface area contributed by atoms with Crippen molar-refractivity contribution in [3.8, 4) is 17.2 Å². The molecule has 3 atom stereocenters. The third kappa shape index (κ3) is 2.69. The average molecular weight is 346 g/mol. The molecule has 1 N–H and O–H groups in total. The third-order valence-corrected chi connectivity index (χ3v) is 5.66. The van der Waals surface area contributed by atoms with Crippen molar-refractivity contribution in [3.05, 3.63) is 59.7 Å². The molecule has 2 aromatic rings. The van der Waals surface area contributed by atoms with Gasteiger partial charge < -0.3 is 10.0 Å². The van der Waals surface area contributed by atoms with Crippen LogP contribution in [0.4, 0.5) is 0 Å². The molecule has 1 heterocycles. The molecule has 2 aliphatic rings. The fraction of sp³-hybridized carbons (Fsp3) is 0.364. The predicted molar refractivity (Wildman–Crippen MR) is 99.2 cm³/mol. The number of carbonyl (C=O) groups excluding carboxylic acids is 1. The lowest BCUT2D eigenvalue weighted by Gasteiger charge is -2.51. The van der Waals surface area contributed by atoms with Crippen LogP contribution >= 0.6 is 0 Å². The SMILES string of the molecule is Cc1ccccc1-c1ccc([C@@H]2[C@@H](C#N)N(C(=O)C3CC3)[C@@H]2CO)cc1. The van der Waals surface area contributed by atoms with Crippen molar-refractivity contribution in [1.82, 2.24) is 4.90 Å². The minimum absolute atomic E-state index is 0.0309. The Labute approximate surface area is 153 Å². The van der Waals surface area contributed by atoms with Crippen LogP contribution in [0.5, 0.6) is 0 Å². The predicted octanol–water partition coefficient (Wildman–Crippen LogP) is 3.25. The first-order chi connectivity index (χ1) is 12.7. The van der Waals surface area contributed by atoms with E-state index in [0.717, 1.165) is 24.0 Å². The molecule has 0 aromatic heterocycles. The Kier molecular flexibility index (Phi) is 4.26. The van der Waals surface area contributed by atoms with Crippen LogP contribution in [-0.4, -0.2) is 34.6 Å². The van der Waals surface area contributed by atoms with Crippen molar-refractivity contribution >= 4 is 5.91 Å². The Morgan fingerprint density at radius 3 is 2.46 bits per heavy atom. The monoisotopic (exact) mass is 346 g/mol. The molecule has 0 radical (unpaired) electrons. The zero-order chi connectivity index (χ0) is 18.3.